The number of hydrogen-bond donors (Lipinski definition) is 1. The lowest BCUT2D eigenvalue weighted by molar-refractivity contribution is 0.937. The Bertz CT molecular complexity index is 629. The van der Waals surface area contributed by atoms with Gasteiger partial charge < -0.3 is 4.98 Å². The van der Waals surface area contributed by atoms with E-state index in [2.05, 4.69) is 67.5 Å². The molecule has 1 heteroatoms. The predicted octanol–water partition coefficient (Wildman–Crippen LogP) is 4.35. The Morgan fingerprint density at radius 3 is 2.88 bits per heavy atom. The van der Waals surface area contributed by atoms with Crippen molar-refractivity contribution in [1.29, 1.82) is 0 Å². The van der Waals surface area contributed by atoms with Crippen molar-refractivity contribution in [2.24, 2.45) is 0 Å². The molecule has 0 spiro atoms. The molecule has 1 N–H and O–H groups in total. The van der Waals surface area contributed by atoms with Gasteiger partial charge in [-0.15, -0.1) is 0 Å². The average Bonchev–Trinajstić information content (AvgIpc) is 2.96. The molecule has 0 saturated heterocycles. The molecule has 0 aliphatic heterocycles. The lowest BCUT2D eigenvalue weighted by Crippen LogP contribution is -1.92. The maximum absolute atomic E-state index is 3.37. The summed E-state index contributed by atoms with van der Waals surface area (Å²) in [5, 5.41) is 1.34. The van der Waals surface area contributed by atoms with Crippen LogP contribution in [-0.2, 0) is 0 Å². The molecule has 1 atom stereocenters. The van der Waals surface area contributed by atoms with Gasteiger partial charge in [-0.3, -0.25) is 0 Å². The van der Waals surface area contributed by atoms with Crippen molar-refractivity contribution in [1.82, 2.24) is 4.98 Å². The van der Waals surface area contributed by atoms with Crippen molar-refractivity contribution in [3.05, 3.63) is 65.4 Å². The highest BCUT2D eigenvalue weighted by Crippen LogP contribution is 2.30. The van der Waals surface area contributed by atoms with E-state index in [1.54, 1.807) is 0 Å². The van der Waals surface area contributed by atoms with Gasteiger partial charge in [-0.25, -0.2) is 6.07 Å². The third-order valence-corrected chi connectivity index (χ3v) is 3.52. The SMILES string of the molecule is Cc1ccc2c(C(C)c3cc[cH-]c3)c[nH]c2c1. The van der Waals surface area contributed by atoms with Gasteiger partial charge in [-0.05, 0) is 30.0 Å². The predicted molar refractivity (Wildman–Crippen MR) is 72.6 cm³/mol. The molecule has 0 bridgehead atoms. The number of hydrogen-bond acceptors (Lipinski definition) is 0. The Kier molecular flexibility index (Phi) is 2.32. The minimum Gasteiger partial charge on any atom is -0.361 e. The molecule has 0 fully saturated rings. The first kappa shape index (κ1) is 10.3. The molecule has 3 aromatic rings. The van der Waals surface area contributed by atoms with E-state index < -0.39 is 0 Å². The van der Waals surface area contributed by atoms with Crippen molar-refractivity contribution >= 4 is 10.9 Å². The maximum Gasteiger partial charge on any atom is 0.0459 e. The second-order valence-corrected chi connectivity index (χ2v) is 4.73. The summed E-state index contributed by atoms with van der Waals surface area (Å²) < 4.78 is 0. The highest BCUT2D eigenvalue weighted by Gasteiger charge is 2.09. The fourth-order valence-electron chi connectivity index (χ4n) is 2.48. The highest BCUT2D eigenvalue weighted by molar-refractivity contribution is 5.84. The summed E-state index contributed by atoms with van der Waals surface area (Å²) >= 11 is 0. The zero-order valence-electron chi connectivity index (χ0n) is 10.2. The van der Waals surface area contributed by atoms with E-state index in [-0.39, 0.29) is 0 Å². The van der Waals surface area contributed by atoms with Crippen LogP contribution in [0, 0.1) is 6.92 Å². The van der Waals surface area contributed by atoms with Crippen molar-refractivity contribution < 1.29 is 0 Å². The molecular weight excluding hydrogens is 206 g/mol. The lowest BCUT2D eigenvalue weighted by Gasteiger charge is -2.15. The molecular formula is C16H16N-. The fraction of sp³-hybridized carbons (Fsp3) is 0.188. The molecule has 86 valence electrons. The van der Waals surface area contributed by atoms with Crippen LogP contribution in [0.25, 0.3) is 10.9 Å². The number of aromatic amines is 1. The second-order valence-electron chi connectivity index (χ2n) is 4.73. The quantitative estimate of drug-likeness (QED) is 0.620. The van der Waals surface area contributed by atoms with Crippen LogP contribution in [0.5, 0.6) is 0 Å². The van der Waals surface area contributed by atoms with Crippen LogP contribution in [0.2, 0.25) is 0 Å². The largest absolute Gasteiger partial charge is 0.361 e. The first-order valence-corrected chi connectivity index (χ1v) is 6.05. The van der Waals surface area contributed by atoms with Crippen LogP contribution in [0.4, 0.5) is 0 Å². The minimum absolute atomic E-state index is 0.446. The van der Waals surface area contributed by atoms with Gasteiger partial charge in [0, 0.05) is 17.1 Å². The summed E-state index contributed by atoms with van der Waals surface area (Å²) in [6.45, 7) is 4.39. The lowest BCUT2D eigenvalue weighted by atomic mass is 9.94. The molecule has 3 rings (SSSR count). The van der Waals surface area contributed by atoms with Gasteiger partial charge in [-0.2, -0.15) is 23.8 Å². The first-order chi connectivity index (χ1) is 8.25. The van der Waals surface area contributed by atoms with Gasteiger partial charge in [0.1, 0.15) is 0 Å². The van der Waals surface area contributed by atoms with Gasteiger partial charge in [0.2, 0.25) is 0 Å². The van der Waals surface area contributed by atoms with Crippen molar-refractivity contribution in [3.63, 3.8) is 0 Å². The van der Waals surface area contributed by atoms with Crippen LogP contribution in [0.3, 0.4) is 0 Å². The third-order valence-electron chi connectivity index (χ3n) is 3.52. The molecule has 1 aromatic heterocycles. The topological polar surface area (TPSA) is 15.8 Å². The molecule has 0 aliphatic carbocycles. The van der Waals surface area contributed by atoms with Crippen LogP contribution in [0.15, 0.2) is 48.7 Å². The van der Waals surface area contributed by atoms with Crippen LogP contribution in [0.1, 0.15) is 29.5 Å². The molecule has 0 saturated carbocycles. The summed E-state index contributed by atoms with van der Waals surface area (Å²) in [5.41, 5.74) is 5.29. The van der Waals surface area contributed by atoms with Crippen molar-refractivity contribution in [2.75, 3.05) is 0 Å². The molecule has 2 aromatic carbocycles. The van der Waals surface area contributed by atoms with Crippen LogP contribution < -0.4 is 0 Å². The zero-order chi connectivity index (χ0) is 11.8. The second kappa shape index (κ2) is 3.85. The van der Waals surface area contributed by atoms with Crippen molar-refractivity contribution in [3.8, 4) is 0 Å². The summed E-state index contributed by atoms with van der Waals surface area (Å²) in [6, 6.07) is 15.2. The Labute approximate surface area is 101 Å². The standard InChI is InChI=1S/C16H16N/c1-11-7-8-14-15(10-17-16(14)9-11)12(2)13-5-3-4-6-13/h3-10,12,17H,1-2H3/q-1. The summed E-state index contributed by atoms with van der Waals surface area (Å²) in [6.07, 6.45) is 2.14. The zero-order valence-corrected chi connectivity index (χ0v) is 10.2. The van der Waals surface area contributed by atoms with Crippen LogP contribution in [-0.4, -0.2) is 4.98 Å². The molecule has 17 heavy (non-hydrogen) atoms. The molecule has 1 heterocycles. The Morgan fingerprint density at radius 2 is 2.12 bits per heavy atom. The number of H-pyrrole nitrogens is 1. The fourth-order valence-corrected chi connectivity index (χ4v) is 2.48. The van der Waals surface area contributed by atoms with Gasteiger partial charge >= 0.3 is 0 Å². The summed E-state index contributed by atoms with van der Waals surface area (Å²) in [4.78, 5) is 3.37. The average molecular weight is 222 g/mol. The van der Waals surface area contributed by atoms with E-state index in [1.807, 2.05) is 0 Å². The van der Waals surface area contributed by atoms with Gasteiger partial charge in [0.15, 0.2) is 0 Å². The number of fused-ring (bicyclic) bond motifs is 1. The van der Waals surface area contributed by atoms with Gasteiger partial charge in [0.05, 0.1) is 0 Å². The highest BCUT2D eigenvalue weighted by atomic mass is 14.7. The molecule has 1 nitrogen and oxygen atoms in total. The normalized spacial score (nSPS) is 13.1. The number of aromatic nitrogens is 1. The van der Waals surface area contributed by atoms with Crippen LogP contribution >= 0.6 is 0 Å². The van der Waals surface area contributed by atoms with E-state index >= 15 is 0 Å². The number of benzene rings is 1. The number of aryl methyl sites for hydroxylation is 1. The Hall–Kier alpha value is -1.89. The third kappa shape index (κ3) is 1.68. The number of rotatable bonds is 2. The van der Waals surface area contributed by atoms with E-state index in [0.29, 0.717) is 5.92 Å². The molecule has 0 radical (unpaired) electrons. The molecule has 1 unspecified atom stereocenters. The first-order valence-electron chi connectivity index (χ1n) is 6.05. The monoisotopic (exact) mass is 222 g/mol. The van der Waals surface area contributed by atoms with E-state index in [0.717, 1.165) is 0 Å². The summed E-state index contributed by atoms with van der Waals surface area (Å²) in [5.74, 6) is 0.446. The Morgan fingerprint density at radius 1 is 1.24 bits per heavy atom. The summed E-state index contributed by atoms with van der Waals surface area (Å²) in [7, 11) is 0. The van der Waals surface area contributed by atoms with Gasteiger partial charge in [0.25, 0.3) is 0 Å². The molecule has 0 amide bonds. The smallest absolute Gasteiger partial charge is 0.0459 e. The van der Waals surface area contributed by atoms with E-state index in [1.165, 1.54) is 27.6 Å². The minimum atomic E-state index is 0.446. The number of nitrogens with one attached hydrogen (secondary N) is 1. The van der Waals surface area contributed by atoms with E-state index in [9.17, 15) is 0 Å². The van der Waals surface area contributed by atoms with E-state index in [4.69, 9.17) is 0 Å². The maximum atomic E-state index is 3.37. The van der Waals surface area contributed by atoms with Gasteiger partial charge in [-0.1, -0.05) is 19.1 Å². The molecule has 0 aliphatic rings. The Balaban J connectivity index is 2.12. The van der Waals surface area contributed by atoms with Crippen molar-refractivity contribution in [2.45, 2.75) is 19.8 Å².